The highest BCUT2D eigenvalue weighted by molar-refractivity contribution is 6.07. The van der Waals surface area contributed by atoms with E-state index in [1.807, 2.05) is 30.3 Å². The summed E-state index contributed by atoms with van der Waals surface area (Å²) in [4.78, 5) is 32.4. The van der Waals surface area contributed by atoms with Crippen LogP contribution in [0.4, 0.5) is 0 Å². The fourth-order valence-corrected chi connectivity index (χ4v) is 3.88. The molecule has 2 aliphatic rings. The van der Waals surface area contributed by atoms with Gasteiger partial charge in [-0.2, -0.15) is 0 Å². The molecule has 28 heavy (non-hydrogen) atoms. The fraction of sp³-hybridized carbons (Fsp3) is 0.476. The largest absolute Gasteiger partial charge is 0.465 e. The van der Waals surface area contributed by atoms with Crippen LogP contribution in [0.2, 0.25) is 0 Å². The van der Waals surface area contributed by atoms with Crippen molar-refractivity contribution in [2.24, 2.45) is 16.6 Å². The minimum Gasteiger partial charge on any atom is -0.465 e. The van der Waals surface area contributed by atoms with Crippen molar-refractivity contribution in [1.82, 2.24) is 4.90 Å². The average Bonchev–Trinajstić information content (AvgIpc) is 3.22. The van der Waals surface area contributed by atoms with Crippen LogP contribution in [0.5, 0.6) is 0 Å². The summed E-state index contributed by atoms with van der Waals surface area (Å²) in [6, 6.07) is 9.40. The number of aliphatic imine (C=N–C) groups is 1. The lowest BCUT2D eigenvalue weighted by Gasteiger charge is -2.35. The van der Waals surface area contributed by atoms with Crippen LogP contribution in [0.1, 0.15) is 38.2 Å². The Morgan fingerprint density at radius 3 is 2.36 bits per heavy atom. The van der Waals surface area contributed by atoms with Gasteiger partial charge in [-0.3, -0.25) is 4.79 Å². The molecule has 0 aliphatic carbocycles. The minimum atomic E-state index is -0.743. The van der Waals surface area contributed by atoms with Crippen molar-refractivity contribution >= 4 is 17.8 Å². The molecule has 0 spiro atoms. The topological polar surface area (TPSA) is 94.2 Å². The average molecular weight is 385 g/mol. The number of nitrogens with zero attached hydrogens (tertiary/aromatic N) is 2. The van der Waals surface area contributed by atoms with E-state index in [-0.39, 0.29) is 24.6 Å². The fourth-order valence-electron chi connectivity index (χ4n) is 3.88. The van der Waals surface area contributed by atoms with E-state index in [0.717, 1.165) is 31.5 Å². The summed E-state index contributed by atoms with van der Waals surface area (Å²) < 4.78 is 10.6. The molecule has 1 fully saturated rings. The Morgan fingerprint density at radius 1 is 1.11 bits per heavy atom. The maximum absolute atomic E-state index is 13.0. The number of hydrogen-bond donors (Lipinski definition) is 1. The number of rotatable bonds is 5. The molecule has 1 aromatic rings. The standard InChI is InChI=1S/C21H27N3O4/c1-3-27-20(25)16-15(14-10-6-5-7-11-14)17(21(26)28-4-2)19(23-18(16)22)24-12-8-9-13-24/h5-7,10-11,15,17H,3-4,8-9,12-13,22H2,1-2H3. The predicted molar refractivity (Wildman–Crippen MR) is 105 cm³/mol. The molecule has 2 atom stereocenters. The quantitative estimate of drug-likeness (QED) is 0.781. The molecule has 1 saturated heterocycles. The molecule has 2 unspecified atom stereocenters. The SMILES string of the molecule is CCOC(=O)C1=C(N)N=C(N2CCCC2)C(C(=O)OCC)C1c1ccccc1. The van der Waals surface area contributed by atoms with Gasteiger partial charge in [-0.05, 0) is 32.3 Å². The van der Waals surface area contributed by atoms with Gasteiger partial charge in [0, 0.05) is 19.0 Å². The molecule has 0 bridgehead atoms. The van der Waals surface area contributed by atoms with E-state index in [4.69, 9.17) is 15.2 Å². The van der Waals surface area contributed by atoms with E-state index >= 15 is 0 Å². The first-order chi connectivity index (χ1) is 13.6. The van der Waals surface area contributed by atoms with Crippen molar-refractivity contribution in [2.45, 2.75) is 32.6 Å². The second-order valence-corrected chi connectivity index (χ2v) is 6.80. The minimum absolute atomic E-state index is 0.106. The van der Waals surface area contributed by atoms with Crippen LogP contribution in [0.3, 0.4) is 0 Å². The van der Waals surface area contributed by atoms with Gasteiger partial charge in [0.15, 0.2) is 0 Å². The maximum atomic E-state index is 13.0. The van der Waals surface area contributed by atoms with E-state index in [0.29, 0.717) is 5.84 Å². The van der Waals surface area contributed by atoms with Crippen molar-refractivity contribution in [2.75, 3.05) is 26.3 Å². The number of nitrogens with two attached hydrogens (primary N) is 1. The molecule has 0 saturated carbocycles. The second-order valence-electron chi connectivity index (χ2n) is 6.80. The first-order valence-corrected chi connectivity index (χ1v) is 9.80. The van der Waals surface area contributed by atoms with Gasteiger partial charge < -0.3 is 20.1 Å². The number of ether oxygens (including phenoxy) is 2. The van der Waals surface area contributed by atoms with Gasteiger partial charge >= 0.3 is 11.9 Å². The van der Waals surface area contributed by atoms with Gasteiger partial charge in [0.2, 0.25) is 0 Å². The molecule has 1 aromatic carbocycles. The summed E-state index contributed by atoms with van der Waals surface area (Å²) in [5.41, 5.74) is 7.27. The molecule has 2 heterocycles. The van der Waals surface area contributed by atoms with Gasteiger partial charge in [-0.25, -0.2) is 9.79 Å². The van der Waals surface area contributed by atoms with E-state index in [2.05, 4.69) is 9.89 Å². The van der Waals surface area contributed by atoms with Crippen LogP contribution >= 0.6 is 0 Å². The summed E-state index contributed by atoms with van der Waals surface area (Å²) in [6.07, 6.45) is 2.05. The lowest BCUT2D eigenvalue weighted by Crippen LogP contribution is -2.46. The zero-order valence-corrected chi connectivity index (χ0v) is 16.4. The van der Waals surface area contributed by atoms with Gasteiger partial charge in [0.25, 0.3) is 0 Å². The van der Waals surface area contributed by atoms with Gasteiger partial charge in [0.1, 0.15) is 17.6 Å². The summed E-state index contributed by atoms with van der Waals surface area (Å²) in [5, 5.41) is 0. The predicted octanol–water partition coefficient (Wildman–Crippen LogP) is 2.19. The number of esters is 2. The molecule has 0 amide bonds. The normalized spacial score (nSPS) is 22.1. The molecule has 2 aliphatic heterocycles. The molecule has 2 N–H and O–H groups in total. The van der Waals surface area contributed by atoms with E-state index < -0.39 is 23.8 Å². The Balaban J connectivity index is 2.16. The van der Waals surface area contributed by atoms with E-state index in [1.54, 1.807) is 13.8 Å². The molecule has 0 radical (unpaired) electrons. The van der Waals surface area contributed by atoms with E-state index in [1.165, 1.54) is 0 Å². The zero-order valence-electron chi connectivity index (χ0n) is 16.4. The molecular formula is C21H27N3O4. The number of hydrogen-bond acceptors (Lipinski definition) is 7. The van der Waals surface area contributed by atoms with Crippen LogP contribution in [0.25, 0.3) is 0 Å². The van der Waals surface area contributed by atoms with Crippen LogP contribution in [-0.2, 0) is 19.1 Å². The molecule has 150 valence electrons. The molecular weight excluding hydrogens is 358 g/mol. The van der Waals surface area contributed by atoms with Gasteiger partial charge in [0.05, 0.1) is 18.8 Å². The monoisotopic (exact) mass is 385 g/mol. The van der Waals surface area contributed by atoms with Crippen molar-refractivity contribution in [3.63, 3.8) is 0 Å². The number of benzene rings is 1. The number of carbonyl (C=O) groups excluding carboxylic acids is 2. The van der Waals surface area contributed by atoms with Crippen LogP contribution in [0, 0.1) is 5.92 Å². The Morgan fingerprint density at radius 2 is 1.75 bits per heavy atom. The van der Waals surface area contributed by atoms with E-state index in [9.17, 15) is 9.59 Å². The third-order valence-electron chi connectivity index (χ3n) is 5.06. The summed E-state index contributed by atoms with van der Waals surface area (Å²) in [7, 11) is 0. The summed E-state index contributed by atoms with van der Waals surface area (Å²) in [6.45, 7) is 5.57. The number of carbonyl (C=O) groups is 2. The van der Waals surface area contributed by atoms with Gasteiger partial charge in [-0.1, -0.05) is 30.3 Å². The highest BCUT2D eigenvalue weighted by atomic mass is 16.5. The molecule has 0 aromatic heterocycles. The van der Waals surface area contributed by atoms with Crippen molar-refractivity contribution in [3.05, 3.63) is 47.3 Å². The number of likely N-dealkylation sites (tertiary alicyclic amines) is 1. The third kappa shape index (κ3) is 3.88. The highest BCUT2D eigenvalue weighted by Gasteiger charge is 2.46. The zero-order chi connectivity index (χ0) is 20.1. The molecule has 7 nitrogen and oxygen atoms in total. The first kappa shape index (κ1) is 19.9. The van der Waals surface area contributed by atoms with Crippen molar-refractivity contribution in [3.8, 4) is 0 Å². The third-order valence-corrected chi connectivity index (χ3v) is 5.06. The summed E-state index contributed by atoms with van der Waals surface area (Å²) >= 11 is 0. The Bertz CT molecular complexity index is 782. The summed E-state index contributed by atoms with van der Waals surface area (Å²) in [5.74, 6) is -1.62. The highest BCUT2D eigenvalue weighted by Crippen LogP contribution is 2.40. The Labute approximate surface area is 165 Å². The Kier molecular flexibility index (Phi) is 6.34. The molecule has 7 heteroatoms. The molecule has 3 rings (SSSR count). The lowest BCUT2D eigenvalue weighted by atomic mass is 9.77. The van der Waals surface area contributed by atoms with Crippen molar-refractivity contribution in [1.29, 1.82) is 0 Å². The van der Waals surface area contributed by atoms with Gasteiger partial charge in [-0.15, -0.1) is 0 Å². The second kappa shape index (κ2) is 8.91. The lowest BCUT2D eigenvalue weighted by molar-refractivity contribution is -0.146. The first-order valence-electron chi connectivity index (χ1n) is 9.80. The maximum Gasteiger partial charge on any atom is 0.338 e. The van der Waals surface area contributed by atoms with Crippen LogP contribution in [-0.4, -0.2) is 49.0 Å². The van der Waals surface area contributed by atoms with Crippen molar-refractivity contribution < 1.29 is 19.1 Å². The van der Waals surface area contributed by atoms with Crippen LogP contribution < -0.4 is 5.73 Å². The van der Waals surface area contributed by atoms with Crippen LogP contribution in [0.15, 0.2) is 46.7 Å². The number of amidine groups is 1. The smallest absolute Gasteiger partial charge is 0.338 e. The Hall–Kier alpha value is -2.83.